The van der Waals surface area contributed by atoms with Gasteiger partial charge in [0.25, 0.3) is 0 Å². The first kappa shape index (κ1) is 17.6. The van der Waals surface area contributed by atoms with Crippen LogP contribution in [0, 0.1) is 6.57 Å². The maximum absolute atomic E-state index is 7.40. The van der Waals surface area contributed by atoms with E-state index in [2.05, 4.69) is 31.4 Å². The van der Waals surface area contributed by atoms with Crippen LogP contribution < -0.4 is 4.74 Å². The Morgan fingerprint density at radius 1 is 1.28 bits per heavy atom. The average Bonchev–Trinajstić information content (AvgIpc) is 3.45. The summed E-state index contributed by atoms with van der Waals surface area (Å²) < 4.78 is 9.44. The molecule has 8 nitrogen and oxygen atoms in total. The van der Waals surface area contributed by atoms with Crippen molar-refractivity contribution in [2.24, 2.45) is 0 Å². The fourth-order valence-corrected chi connectivity index (χ4v) is 4.19. The zero-order chi connectivity index (χ0) is 20.0. The van der Waals surface area contributed by atoms with E-state index in [9.17, 15) is 0 Å². The summed E-state index contributed by atoms with van der Waals surface area (Å²) in [5, 5.41) is 5.37. The minimum Gasteiger partial charge on any atom is -0.493 e. The summed E-state index contributed by atoms with van der Waals surface area (Å²) in [6.07, 6.45) is 6.47. The van der Waals surface area contributed by atoms with E-state index >= 15 is 0 Å². The van der Waals surface area contributed by atoms with Crippen LogP contribution in [0.3, 0.4) is 0 Å². The molecule has 1 aliphatic heterocycles. The van der Waals surface area contributed by atoms with Crippen molar-refractivity contribution in [3.8, 4) is 5.75 Å². The Kier molecular flexibility index (Phi) is 4.18. The first-order chi connectivity index (χ1) is 14.2. The highest BCUT2D eigenvalue weighted by molar-refractivity contribution is 6.03. The minimum atomic E-state index is 0.319. The molecule has 146 valence electrons. The van der Waals surface area contributed by atoms with Crippen molar-refractivity contribution in [1.29, 1.82) is 0 Å². The summed E-state index contributed by atoms with van der Waals surface area (Å²) in [5.74, 6) is 1.66. The van der Waals surface area contributed by atoms with E-state index in [0.29, 0.717) is 18.3 Å². The van der Waals surface area contributed by atoms with E-state index in [1.807, 2.05) is 35.3 Å². The second-order valence-electron chi connectivity index (χ2n) is 7.49. The van der Waals surface area contributed by atoms with Crippen LogP contribution in [0.25, 0.3) is 26.8 Å². The highest BCUT2D eigenvalue weighted by atomic mass is 16.5. The fourth-order valence-electron chi connectivity index (χ4n) is 4.19. The largest absolute Gasteiger partial charge is 0.493 e. The predicted molar refractivity (Wildman–Crippen MR) is 110 cm³/mol. The van der Waals surface area contributed by atoms with Gasteiger partial charge in [0, 0.05) is 18.0 Å². The van der Waals surface area contributed by atoms with Crippen LogP contribution in [-0.4, -0.2) is 56.5 Å². The third-order valence-corrected chi connectivity index (χ3v) is 5.58. The number of benzene rings is 1. The quantitative estimate of drug-likeness (QED) is 0.503. The van der Waals surface area contributed by atoms with Gasteiger partial charge in [0.1, 0.15) is 11.3 Å². The number of nitrogens with zero attached hydrogens (tertiary/aromatic N) is 7. The third kappa shape index (κ3) is 3.00. The van der Waals surface area contributed by atoms with Crippen LogP contribution >= 0.6 is 0 Å². The lowest BCUT2D eigenvalue weighted by Crippen LogP contribution is -2.19. The van der Waals surface area contributed by atoms with Gasteiger partial charge in [-0.25, -0.2) is 9.83 Å². The summed E-state index contributed by atoms with van der Waals surface area (Å²) in [7, 11) is 3.78. The van der Waals surface area contributed by atoms with Crippen LogP contribution in [0.1, 0.15) is 18.3 Å². The predicted octanol–water partition coefficient (Wildman–Crippen LogP) is 3.27. The van der Waals surface area contributed by atoms with Crippen molar-refractivity contribution in [2.75, 3.05) is 27.2 Å². The molecule has 0 bridgehead atoms. The van der Waals surface area contributed by atoms with Crippen molar-refractivity contribution < 1.29 is 4.74 Å². The van der Waals surface area contributed by atoms with E-state index < -0.39 is 0 Å². The van der Waals surface area contributed by atoms with Gasteiger partial charge in [-0.15, -0.1) is 0 Å². The Bertz CT molecular complexity index is 1250. The lowest BCUT2D eigenvalue weighted by atomic mass is 10.1. The van der Waals surface area contributed by atoms with Gasteiger partial charge in [-0.2, -0.15) is 5.10 Å². The molecule has 4 aromatic rings. The number of ether oxygens (including phenoxy) is 1. The van der Waals surface area contributed by atoms with E-state index in [1.165, 1.54) is 0 Å². The van der Waals surface area contributed by atoms with E-state index in [1.54, 1.807) is 13.3 Å². The number of fused-ring (bicyclic) bond motifs is 3. The number of imidazole rings is 1. The maximum atomic E-state index is 7.40. The molecule has 1 saturated heterocycles. The maximum Gasteiger partial charge on any atom is 0.188 e. The van der Waals surface area contributed by atoms with Crippen molar-refractivity contribution in [1.82, 2.24) is 29.2 Å². The number of hydrogen-bond donors (Lipinski definition) is 0. The molecule has 5 rings (SSSR count). The van der Waals surface area contributed by atoms with Gasteiger partial charge in [-0.05, 0) is 32.1 Å². The number of methoxy groups -OCH3 is 1. The number of likely N-dealkylation sites (N-methyl/N-ethyl adjacent to an activating group) is 1. The molecular weight excluding hydrogens is 366 g/mol. The molecule has 1 fully saturated rings. The van der Waals surface area contributed by atoms with Gasteiger partial charge in [0.2, 0.25) is 0 Å². The molecule has 0 unspecified atom stereocenters. The number of hydrogen-bond acceptors (Lipinski definition) is 5. The van der Waals surface area contributed by atoms with E-state index in [-0.39, 0.29) is 0 Å². The lowest BCUT2D eigenvalue weighted by molar-refractivity contribution is 0.390. The molecule has 1 aromatic carbocycles. The Morgan fingerprint density at radius 3 is 2.90 bits per heavy atom. The Balaban J connectivity index is 1.73. The number of aromatic nitrogens is 5. The molecule has 0 N–H and O–H groups in total. The molecule has 29 heavy (non-hydrogen) atoms. The average molecular weight is 387 g/mol. The van der Waals surface area contributed by atoms with E-state index in [4.69, 9.17) is 16.3 Å². The fraction of sp³-hybridized carbons (Fsp3) is 0.333. The highest BCUT2D eigenvalue weighted by Crippen LogP contribution is 2.33. The molecule has 8 heteroatoms. The monoisotopic (exact) mass is 387 g/mol. The zero-order valence-electron chi connectivity index (χ0n) is 16.4. The molecule has 0 aliphatic carbocycles. The second-order valence-corrected chi connectivity index (χ2v) is 7.49. The van der Waals surface area contributed by atoms with Gasteiger partial charge in [0.05, 0.1) is 49.9 Å². The third-order valence-electron chi connectivity index (χ3n) is 5.58. The van der Waals surface area contributed by atoms with Crippen LogP contribution in [0.15, 0.2) is 36.8 Å². The van der Waals surface area contributed by atoms with Crippen LogP contribution in [0.4, 0.5) is 5.69 Å². The van der Waals surface area contributed by atoms with Gasteiger partial charge in [0.15, 0.2) is 11.4 Å². The van der Waals surface area contributed by atoms with Crippen molar-refractivity contribution in [2.45, 2.75) is 19.0 Å². The van der Waals surface area contributed by atoms with E-state index in [0.717, 1.165) is 53.0 Å². The van der Waals surface area contributed by atoms with Crippen molar-refractivity contribution in [3.63, 3.8) is 0 Å². The molecule has 4 heterocycles. The standard InChI is InChI=1S/C21H21N7O/c1-22-14-4-5-18-17(8-14)21-19(10-23-18)25-20(13-27-12-16(29-3)9-24-27)28(21)15-6-7-26(2)11-15/h4-5,8-10,12,15H,6-7,11,13H2,2-3H3/t15-/m1/s1. The number of rotatable bonds is 4. The minimum absolute atomic E-state index is 0.319. The first-order valence-corrected chi connectivity index (χ1v) is 9.58. The summed E-state index contributed by atoms with van der Waals surface area (Å²) in [5.41, 5.74) is 3.39. The molecule has 0 spiro atoms. The summed E-state index contributed by atoms with van der Waals surface area (Å²) in [6.45, 7) is 9.96. The number of pyridine rings is 1. The molecule has 0 radical (unpaired) electrons. The number of likely N-dealkylation sites (tertiary alicyclic amines) is 1. The van der Waals surface area contributed by atoms with Crippen LogP contribution in [0.2, 0.25) is 0 Å². The van der Waals surface area contributed by atoms with Gasteiger partial charge in [-0.3, -0.25) is 9.67 Å². The van der Waals surface area contributed by atoms with Crippen LogP contribution in [-0.2, 0) is 6.54 Å². The molecule has 1 atom stereocenters. The van der Waals surface area contributed by atoms with Crippen molar-refractivity contribution in [3.05, 3.63) is 54.0 Å². The van der Waals surface area contributed by atoms with Crippen LogP contribution in [0.5, 0.6) is 5.75 Å². The Labute approximate surface area is 168 Å². The van der Waals surface area contributed by atoms with Gasteiger partial charge >= 0.3 is 0 Å². The van der Waals surface area contributed by atoms with Crippen molar-refractivity contribution >= 4 is 27.6 Å². The normalized spacial score (nSPS) is 17.2. The zero-order valence-corrected chi connectivity index (χ0v) is 16.4. The SMILES string of the molecule is [C-]#[N+]c1ccc2ncc3nc(Cn4cc(OC)cn4)n([C@@H]4CCN(C)C4)c3c2c1. The molecule has 1 aliphatic rings. The lowest BCUT2D eigenvalue weighted by Gasteiger charge is -2.18. The molecular formula is C21H21N7O. The smallest absolute Gasteiger partial charge is 0.188 e. The van der Waals surface area contributed by atoms with Gasteiger partial charge < -0.3 is 14.2 Å². The molecule has 0 amide bonds. The molecule has 3 aromatic heterocycles. The second kappa shape index (κ2) is 6.87. The van der Waals surface area contributed by atoms with Gasteiger partial charge in [-0.1, -0.05) is 6.07 Å². The molecule has 0 saturated carbocycles. The first-order valence-electron chi connectivity index (χ1n) is 9.58. The summed E-state index contributed by atoms with van der Waals surface area (Å²) in [6, 6.07) is 5.97. The summed E-state index contributed by atoms with van der Waals surface area (Å²) in [4.78, 5) is 15.4. The highest BCUT2D eigenvalue weighted by Gasteiger charge is 2.27. The Morgan fingerprint density at radius 2 is 2.17 bits per heavy atom. The summed E-state index contributed by atoms with van der Waals surface area (Å²) >= 11 is 0. The Hall–Kier alpha value is -3.44. The topological polar surface area (TPSA) is 65.4 Å².